The molecule has 5 heteroatoms. The van der Waals surface area contributed by atoms with E-state index in [1.807, 2.05) is 0 Å². The largest absolute Gasteiger partial charge is 0.391 e. The van der Waals surface area contributed by atoms with Crippen LogP contribution in [0, 0.1) is 10.1 Å². The van der Waals surface area contributed by atoms with Gasteiger partial charge in [0.05, 0.1) is 17.1 Å². The molecule has 0 unspecified atom stereocenters. The molecular formula is C15H22N2O3. The highest BCUT2D eigenvalue weighted by Gasteiger charge is 2.22. The molecule has 0 atom stereocenters. The van der Waals surface area contributed by atoms with Crippen LogP contribution < -0.4 is 4.90 Å². The summed E-state index contributed by atoms with van der Waals surface area (Å²) < 4.78 is 0. The molecule has 0 aromatic heterocycles. The quantitative estimate of drug-likeness (QED) is 0.663. The molecule has 1 aliphatic carbocycles. The summed E-state index contributed by atoms with van der Waals surface area (Å²) in [6, 6.07) is 5.58. The van der Waals surface area contributed by atoms with Crippen LogP contribution in [0.25, 0.3) is 0 Å². The van der Waals surface area contributed by atoms with Gasteiger partial charge < -0.3 is 10.0 Å². The normalized spacial score (nSPS) is 16.1. The maximum atomic E-state index is 10.9. The molecule has 0 amide bonds. The lowest BCUT2D eigenvalue weighted by Crippen LogP contribution is -2.36. The van der Waals surface area contributed by atoms with Crippen molar-refractivity contribution in [3.8, 4) is 0 Å². The van der Waals surface area contributed by atoms with Gasteiger partial charge in [0, 0.05) is 24.3 Å². The number of anilines is 1. The fourth-order valence-electron chi connectivity index (χ4n) is 3.10. The van der Waals surface area contributed by atoms with Crippen molar-refractivity contribution in [1.82, 2.24) is 0 Å². The molecule has 5 nitrogen and oxygen atoms in total. The Morgan fingerprint density at radius 3 is 2.60 bits per heavy atom. The lowest BCUT2D eigenvalue weighted by atomic mass is 9.93. The van der Waals surface area contributed by atoms with Gasteiger partial charge in [-0.05, 0) is 31.9 Å². The fourth-order valence-corrected chi connectivity index (χ4v) is 3.10. The van der Waals surface area contributed by atoms with Crippen LogP contribution in [0.1, 0.15) is 44.6 Å². The first-order valence-corrected chi connectivity index (χ1v) is 7.32. The summed E-state index contributed by atoms with van der Waals surface area (Å²) >= 11 is 0. The lowest BCUT2D eigenvalue weighted by molar-refractivity contribution is -0.385. The van der Waals surface area contributed by atoms with Crippen molar-refractivity contribution in [2.45, 2.75) is 51.7 Å². The molecule has 0 radical (unpaired) electrons. The topological polar surface area (TPSA) is 66.6 Å². The van der Waals surface area contributed by atoms with Crippen LogP contribution >= 0.6 is 0 Å². The van der Waals surface area contributed by atoms with Gasteiger partial charge in [0.25, 0.3) is 5.69 Å². The minimum atomic E-state index is -0.438. The van der Waals surface area contributed by atoms with Gasteiger partial charge in [0.2, 0.25) is 0 Å². The fraction of sp³-hybridized carbons (Fsp3) is 0.600. The number of aliphatic hydroxyl groups excluding tert-OH is 1. The van der Waals surface area contributed by atoms with Gasteiger partial charge in [-0.1, -0.05) is 19.3 Å². The molecule has 110 valence electrons. The third kappa shape index (κ3) is 3.10. The minimum absolute atomic E-state index is 0.00375. The molecule has 2 rings (SSSR count). The van der Waals surface area contributed by atoms with Crippen molar-refractivity contribution >= 4 is 11.4 Å². The Kier molecular flexibility index (Phi) is 4.95. The Hall–Kier alpha value is -1.62. The highest BCUT2D eigenvalue weighted by molar-refractivity contribution is 5.56. The summed E-state index contributed by atoms with van der Waals surface area (Å²) in [4.78, 5) is 12.8. The summed E-state index contributed by atoms with van der Waals surface area (Å²) in [5, 5.41) is 20.2. The SMILES string of the molecule is CCN(c1ccc([N+](=O)[O-])c(CO)c1)C1CCCCC1. The van der Waals surface area contributed by atoms with E-state index in [2.05, 4.69) is 11.8 Å². The van der Waals surface area contributed by atoms with Crippen LogP contribution in [-0.2, 0) is 6.61 Å². The summed E-state index contributed by atoms with van der Waals surface area (Å²) in [7, 11) is 0. The van der Waals surface area contributed by atoms with Gasteiger partial charge in [0.1, 0.15) is 0 Å². The first kappa shape index (κ1) is 14.8. The first-order valence-electron chi connectivity index (χ1n) is 7.32. The minimum Gasteiger partial charge on any atom is -0.391 e. The average molecular weight is 278 g/mol. The number of benzene rings is 1. The average Bonchev–Trinajstić information content (AvgIpc) is 2.48. The predicted octanol–water partition coefficient (Wildman–Crippen LogP) is 3.25. The van der Waals surface area contributed by atoms with Gasteiger partial charge >= 0.3 is 0 Å². The van der Waals surface area contributed by atoms with Gasteiger partial charge in [-0.25, -0.2) is 0 Å². The number of aliphatic hydroxyl groups is 1. The lowest BCUT2D eigenvalue weighted by Gasteiger charge is -2.35. The van der Waals surface area contributed by atoms with Gasteiger partial charge in [-0.2, -0.15) is 0 Å². The molecule has 0 saturated heterocycles. The van der Waals surface area contributed by atoms with E-state index in [9.17, 15) is 15.2 Å². The van der Waals surface area contributed by atoms with E-state index in [-0.39, 0.29) is 12.3 Å². The van der Waals surface area contributed by atoms with Gasteiger partial charge in [0.15, 0.2) is 0 Å². The smallest absolute Gasteiger partial charge is 0.275 e. The van der Waals surface area contributed by atoms with Crippen molar-refractivity contribution < 1.29 is 10.0 Å². The second-order valence-electron chi connectivity index (χ2n) is 5.31. The molecule has 0 bridgehead atoms. The van der Waals surface area contributed by atoms with Crippen molar-refractivity contribution in [1.29, 1.82) is 0 Å². The molecule has 1 fully saturated rings. The van der Waals surface area contributed by atoms with Gasteiger partial charge in [-0.15, -0.1) is 0 Å². The second kappa shape index (κ2) is 6.70. The Morgan fingerprint density at radius 2 is 2.05 bits per heavy atom. The summed E-state index contributed by atoms with van der Waals surface area (Å²) in [5.74, 6) is 0. The number of nitro groups is 1. The molecule has 1 saturated carbocycles. The molecule has 1 aromatic carbocycles. The number of hydrogen-bond donors (Lipinski definition) is 1. The maximum absolute atomic E-state index is 10.9. The zero-order valence-electron chi connectivity index (χ0n) is 11.9. The standard InChI is InChI=1S/C15H22N2O3/c1-2-16(13-6-4-3-5-7-13)14-8-9-15(17(19)20)12(10-14)11-18/h8-10,13,18H,2-7,11H2,1H3. The Labute approximate surface area is 119 Å². The summed E-state index contributed by atoms with van der Waals surface area (Å²) in [6.07, 6.45) is 6.16. The third-order valence-corrected chi connectivity index (χ3v) is 4.12. The first-order chi connectivity index (χ1) is 9.67. The molecule has 1 aromatic rings. The van der Waals surface area contributed by atoms with Crippen molar-refractivity contribution in [3.63, 3.8) is 0 Å². The summed E-state index contributed by atoms with van der Waals surface area (Å²) in [6.45, 7) is 2.69. The zero-order chi connectivity index (χ0) is 14.5. The van der Waals surface area contributed by atoms with E-state index >= 15 is 0 Å². The van der Waals surface area contributed by atoms with E-state index in [0.717, 1.165) is 12.2 Å². The van der Waals surface area contributed by atoms with E-state index < -0.39 is 4.92 Å². The van der Waals surface area contributed by atoms with Crippen molar-refractivity contribution in [3.05, 3.63) is 33.9 Å². The van der Waals surface area contributed by atoms with Crippen molar-refractivity contribution in [2.24, 2.45) is 0 Å². The third-order valence-electron chi connectivity index (χ3n) is 4.12. The number of nitrogens with zero attached hydrogens (tertiary/aromatic N) is 2. The monoisotopic (exact) mass is 278 g/mol. The van der Waals surface area contributed by atoms with Crippen LogP contribution in [0.3, 0.4) is 0 Å². The van der Waals surface area contributed by atoms with Crippen LogP contribution in [-0.4, -0.2) is 22.6 Å². The molecule has 0 aliphatic heterocycles. The molecule has 20 heavy (non-hydrogen) atoms. The van der Waals surface area contributed by atoms with Crippen LogP contribution in [0.15, 0.2) is 18.2 Å². The number of rotatable bonds is 5. The van der Waals surface area contributed by atoms with Crippen LogP contribution in [0.4, 0.5) is 11.4 Å². The summed E-state index contributed by atoms with van der Waals surface area (Å²) in [5.41, 5.74) is 1.37. The van der Waals surface area contributed by atoms with Crippen molar-refractivity contribution in [2.75, 3.05) is 11.4 Å². The number of hydrogen-bond acceptors (Lipinski definition) is 4. The van der Waals surface area contributed by atoms with Gasteiger partial charge in [-0.3, -0.25) is 10.1 Å². The molecular weight excluding hydrogens is 256 g/mol. The second-order valence-corrected chi connectivity index (χ2v) is 5.31. The van der Waals surface area contributed by atoms with E-state index in [0.29, 0.717) is 11.6 Å². The highest BCUT2D eigenvalue weighted by atomic mass is 16.6. The highest BCUT2D eigenvalue weighted by Crippen LogP contribution is 2.30. The molecule has 1 N–H and O–H groups in total. The molecule has 0 spiro atoms. The Morgan fingerprint density at radius 1 is 1.35 bits per heavy atom. The molecule has 1 aliphatic rings. The van der Waals surface area contributed by atoms with E-state index in [1.165, 1.54) is 38.2 Å². The number of nitro benzene ring substituents is 1. The maximum Gasteiger partial charge on any atom is 0.275 e. The van der Waals surface area contributed by atoms with E-state index in [1.54, 1.807) is 12.1 Å². The Bertz CT molecular complexity index is 470. The van der Waals surface area contributed by atoms with Crippen LogP contribution in [0.5, 0.6) is 0 Å². The Balaban J connectivity index is 2.27. The van der Waals surface area contributed by atoms with E-state index in [4.69, 9.17) is 0 Å². The molecule has 0 heterocycles. The zero-order valence-corrected chi connectivity index (χ0v) is 11.9. The van der Waals surface area contributed by atoms with Crippen LogP contribution in [0.2, 0.25) is 0 Å². The predicted molar refractivity (Wildman–Crippen MR) is 78.9 cm³/mol.